The fraction of sp³-hybridized carbons (Fsp3) is 0.357. The minimum Gasteiger partial charge on any atom is -0.357 e. The number of rotatable bonds is 6. The summed E-state index contributed by atoms with van der Waals surface area (Å²) in [6, 6.07) is 3.30. The fourth-order valence-electron chi connectivity index (χ4n) is 1.52. The van der Waals surface area contributed by atoms with Crippen LogP contribution in [-0.2, 0) is 9.47 Å². The van der Waals surface area contributed by atoms with Gasteiger partial charge in [-0.05, 0) is 12.1 Å². The highest BCUT2D eigenvalue weighted by Gasteiger charge is 2.10. The number of hydrogen-bond donors (Lipinski definition) is 2. The Labute approximate surface area is 134 Å². The second-order valence-electron chi connectivity index (χ2n) is 4.03. The minimum absolute atomic E-state index is 0.388. The summed E-state index contributed by atoms with van der Waals surface area (Å²) in [6.07, 6.45) is 3.43. The molecule has 0 bridgehead atoms. The number of nitrogens with zero attached hydrogens (tertiary/aromatic N) is 4. The van der Waals surface area contributed by atoms with Gasteiger partial charge in [0.25, 0.3) is 0 Å². The van der Waals surface area contributed by atoms with E-state index in [4.69, 9.17) is 9.47 Å². The molecule has 23 heavy (non-hydrogen) atoms. The first-order chi connectivity index (χ1) is 11.2. The molecule has 2 heterocycles. The quantitative estimate of drug-likeness (QED) is 0.597. The average molecular weight is 320 g/mol. The van der Waals surface area contributed by atoms with E-state index in [1.165, 1.54) is 6.20 Å². The highest BCUT2D eigenvalue weighted by Crippen LogP contribution is 2.14. The largest absolute Gasteiger partial charge is 0.357 e. The highest BCUT2D eigenvalue weighted by atomic mass is 16.7. The van der Waals surface area contributed by atoms with Crippen LogP contribution < -0.4 is 10.6 Å². The number of carbonyl (C=O) groups excluding carboxylic acids is 1. The molecule has 2 N–H and O–H groups in total. The molecule has 0 radical (unpaired) electrons. The van der Waals surface area contributed by atoms with Crippen molar-refractivity contribution in [2.24, 2.45) is 0 Å². The van der Waals surface area contributed by atoms with Crippen molar-refractivity contribution in [3.8, 4) is 0 Å². The molecule has 0 fully saturated rings. The molecule has 0 aromatic carbocycles. The third kappa shape index (κ3) is 5.93. The van der Waals surface area contributed by atoms with Crippen molar-refractivity contribution in [1.29, 1.82) is 0 Å². The Kier molecular flexibility index (Phi) is 8.11. The number of ether oxygens (including phenoxy) is 2. The van der Waals surface area contributed by atoms with Crippen molar-refractivity contribution in [2.75, 3.05) is 38.9 Å². The predicted molar refractivity (Wildman–Crippen MR) is 85.3 cm³/mol. The molecule has 0 saturated heterocycles. The molecule has 9 nitrogen and oxygen atoms in total. The summed E-state index contributed by atoms with van der Waals surface area (Å²) in [7, 11) is 6.59. The Bertz CT molecular complexity index is 607. The predicted octanol–water partition coefficient (Wildman–Crippen LogP) is 1.14. The molecule has 0 saturated carbocycles. The standard InChI is InChI=1S/C8H13N3O2.C6H7N3O/c1-9-8-10-5-4-6(11-8)7(12-2)13-3;1-7-6-8-3-2-5(4-10)9-6/h4-5,7H,1-3H3,(H,9,10,11);2-4H,1H3,(H,7,8,9). The summed E-state index contributed by atoms with van der Waals surface area (Å²) in [4.78, 5) is 25.9. The van der Waals surface area contributed by atoms with E-state index in [1.54, 1.807) is 46.6 Å². The Morgan fingerprint density at radius 1 is 1.00 bits per heavy atom. The van der Waals surface area contributed by atoms with Crippen LogP contribution >= 0.6 is 0 Å². The van der Waals surface area contributed by atoms with Crippen molar-refractivity contribution in [1.82, 2.24) is 19.9 Å². The Balaban J connectivity index is 0.000000238. The summed E-state index contributed by atoms with van der Waals surface area (Å²) in [5, 5.41) is 5.56. The van der Waals surface area contributed by atoms with Crippen molar-refractivity contribution in [3.05, 3.63) is 35.9 Å². The molecule has 2 aromatic rings. The van der Waals surface area contributed by atoms with Crippen molar-refractivity contribution >= 4 is 18.2 Å². The normalized spacial score (nSPS) is 9.78. The first-order valence-electron chi connectivity index (χ1n) is 6.70. The molecule has 0 amide bonds. The van der Waals surface area contributed by atoms with Gasteiger partial charge in [-0.1, -0.05) is 0 Å². The van der Waals surface area contributed by atoms with E-state index in [0.717, 1.165) is 0 Å². The lowest BCUT2D eigenvalue weighted by Gasteiger charge is -2.12. The second kappa shape index (κ2) is 10.1. The molecule has 2 aromatic heterocycles. The molecule has 0 aliphatic heterocycles. The van der Waals surface area contributed by atoms with Crippen LogP contribution in [0.3, 0.4) is 0 Å². The number of hydrogen-bond acceptors (Lipinski definition) is 9. The molecule has 2 rings (SSSR count). The van der Waals surface area contributed by atoms with Gasteiger partial charge in [-0.25, -0.2) is 19.9 Å². The van der Waals surface area contributed by atoms with Crippen molar-refractivity contribution < 1.29 is 14.3 Å². The minimum atomic E-state index is -0.435. The zero-order chi connectivity index (χ0) is 17.1. The van der Waals surface area contributed by atoms with Crippen LogP contribution in [0.2, 0.25) is 0 Å². The maximum atomic E-state index is 10.2. The summed E-state index contributed by atoms with van der Waals surface area (Å²) in [5.74, 6) is 1.02. The molecule has 0 aliphatic rings. The molecule has 0 spiro atoms. The maximum Gasteiger partial charge on any atom is 0.223 e. The van der Waals surface area contributed by atoms with Gasteiger partial charge in [0.15, 0.2) is 6.29 Å². The number of nitrogens with one attached hydrogen (secondary N) is 2. The first kappa shape index (κ1) is 18.4. The third-order valence-corrected chi connectivity index (χ3v) is 2.59. The Hall–Kier alpha value is -2.65. The second-order valence-corrected chi connectivity index (χ2v) is 4.03. The van der Waals surface area contributed by atoms with E-state index >= 15 is 0 Å². The first-order valence-corrected chi connectivity index (χ1v) is 6.70. The van der Waals surface area contributed by atoms with Crippen LogP contribution in [0, 0.1) is 0 Å². The van der Waals surface area contributed by atoms with Gasteiger partial charge in [0, 0.05) is 40.7 Å². The molecule has 9 heteroatoms. The number of aldehydes is 1. The van der Waals surface area contributed by atoms with Gasteiger partial charge in [0.05, 0.1) is 0 Å². The van der Waals surface area contributed by atoms with Crippen molar-refractivity contribution in [2.45, 2.75) is 6.29 Å². The fourth-order valence-corrected chi connectivity index (χ4v) is 1.52. The lowest BCUT2D eigenvalue weighted by molar-refractivity contribution is -0.108. The summed E-state index contributed by atoms with van der Waals surface area (Å²) in [6.45, 7) is 0. The van der Waals surface area contributed by atoms with E-state index < -0.39 is 6.29 Å². The molecular formula is C14H20N6O3. The van der Waals surface area contributed by atoms with Gasteiger partial charge in [-0.15, -0.1) is 0 Å². The van der Waals surface area contributed by atoms with Crippen molar-refractivity contribution in [3.63, 3.8) is 0 Å². The summed E-state index contributed by atoms with van der Waals surface area (Å²) >= 11 is 0. The van der Waals surface area contributed by atoms with Crippen LogP contribution in [0.15, 0.2) is 24.5 Å². The van der Waals surface area contributed by atoms with Gasteiger partial charge in [-0.3, -0.25) is 4.79 Å². The molecular weight excluding hydrogens is 300 g/mol. The monoisotopic (exact) mass is 320 g/mol. The maximum absolute atomic E-state index is 10.2. The van der Waals surface area contributed by atoms with E-state index in [9.17, 15) is 4.79 Å². The van der Waals surface area contributed by atoms with E-state index in [0.29, 0.717) is 29.6 Å². The van der Waals surface area contributed by atoms with Gasteiger partial charge >= 0.3 is 0 Å². The molecule has 0 atom stereocenters. The zero-order valence-corrected chi connectivity index (χ0v) is 13.5. The van der Waals surface area contributed by atoms with Gasteiger partial charge in [-0.2, -0.15) is 0 Å². The summed E-state index contributed by atoms with van der Waals surface area (Å²) < 4.78 is 10.1. The topological polar surface area (TPSA) is 111 Å². The molecule has 0 aliphatic carbocycles. The Morgan fingerprint density at radius 2 is 1.57 bits per heavy atom. The van der Waals surface area contributed by atoms with Crippen LogP contribution in [-0.4, -0.2) is 54.5 Å². The lowest BCUT2D eigenvalue weighted by Crippen LogP contribution is -2.08. The number of methoxy groups -OCH3 is 2. The SMILES string of the molecule is CNc1nccc(C(OC)OC)n1.CNc1nccc(C=O)n1. The molecule has 124 valence electrons. The third-order valence-electron chi connectivity index (χ3n) is 2.59. The van der Waals surface area contributed by atoms with Crippen LogP contribution in [0.4, 0.5) is 11.9 Å². The molecule has 0 unspecified atom stereocenters. The van der Waals surface area contributed by atoms with Crippen LogP contribution in [0.25, 0.3) is 0 Å². The number of anilines is 2. The Morgan fingerprint density at radius 3 is 2.09 bits per heavy atom. The van der Waals surface area contributed by atoms with E-state index in [-0.39, 0.29) is 0 Å². The van der Waals surface area contributed by atoms with E-state index in [2.05, 4.69) is 30.6 Å². The zero-order valence-electron chi connectivity index (χ0n) is 13.5. The van der Waals surface area contributed by atoms with E-state index in [1.807, 2.05) is 0 Å². The average Bonchev–Trinajstić information content (AvgIpc) is 2.63. The van der Waals surface area contributed by atoms with Gasteiger partial charge in [0.1, 0.15) is 11.4 Å². The smallest absolute Gasteiger partial charge is 0.223 e. The van der Waals surface area contributed by atoms with Gasteiger partial charge < -0.3 is 20.1 Å². The highest BCUT2D eigenvalue weighted by molar-refractivity contribution is 5.71. The lowest BCUT2D eigenvalue weighted by atomic mass is 10.4. The number of aromatic nitrogens is 4. The van der Waals surface area contributed by atoms with Crippen LogP contribution in [0.5, 0.6) is 0 Å². The van der Waals surface area contributed by atoms with Gasteiger partial charge in [0.2, 0.25) is 18.2 Å². The van der Waals surface area contributed by atoms with Crippen LogP contribution in [0.1, 0.15) is 22.5 Å². The number of carbonyl (C=O) groups is 1. The summed E-state index contributed by atoms with van der Waals surface area (Å²) in [5.41, 5.74) is 1.09.